The summed E-state index contributed by atoms with van der Waals surface area (Å²) in [6, 6.07) is 4.21. The van der Waals surface area contributed by atoms with E-state index in [2.05, 4.69) is 5.10 Å². The van der Waals surface area contributed by atoms with Crippen LogP contribution < -0.4 is 5.56 Å². The van der Waals surface area contributed by atoms with Gasteiger partial charge in [0, 0.05) is 6.07 Å². The zero-order chi connectivity index (χ0) is 14.4. The van der Waals surface area contributed by atoms with E-state index in [0.717, 1.165) is 21.4 Å². The van der Waals surface area contributed by atoms with Gasteiger partial charge in [0.2, 0.25) is 0 Å². The van der Waals surface area contributed by atoms with E-state index in [4.69, 9.17) is 0 Å². The number of rotatable bonds is 1. The van der Waals surface area contributed by atoms with E-state index in [9.17, 15) is 18.0 Å². The standard InChI is InChI=1S/C13H13F3N2O/c1-7-4-8(2)12(9(3)5-7)18-11(19)6-10(17-18)13(14,15)16/h4-6,17H,1-3H3. The summed E-state index contributed by atoms with van der Waals surface area (Å²) in [6.07, 6.45) is -4.56. The third-order valence-corrected chi connectivity index (χ3v) is 2.88. The van der Waals surface area contributed by atoms with Crippen LogP contribution in [0.5, 0.6) is 0 Å². The van der Waals surface area contributed by atoms with E-state index in [1.54, 1.807) is 13.8 Å². The van der Waals surface area contributed by atoms with Crippen molar-refractivity contribution >= 4 is 0 Å². The Morgan fingerprint density at radius 1 is 1.05 bits per heavy atom. The Morgan fingerprint density at radius 3 is 2.00 bits per heavy atom. The van der Waals surface area contributed by atoms with Gasteiger partial charge >= 0.3 is 6.18 Å². The SMILES string of the molecule is Cc1cc(C)c(-n2[nH]c(C(F)(F)F)cc2=O)c(C)c1. The molecular weight excluding hydrogens is 257 g/mol. The number of aryl methyl sites for hydroxylation is 3. The molecule has 0 atom stereocenters. The van der Waals surface area contributed by atoms with Crippen LogP contribution >= 0.6 is 0 Å². The highest BCUT2D eigenvalue weighted by atomic mass is 19.4. The van der Waals surface area contributed by atoms with Crippen LogP contribution in [0.15, 0.2) is 23.0 Å². The summed E-state index contributed by atoms with van der Waals surface area (Å²) >= 11 is 0. The van der Waals surface area contributed by atoms with Crippen LogP contribution in [0, 0.1) is 20.8 Å². The minimum Gasteiger partial charge on any atom is -0.286 e. The molecule has 102 valence electrons. The first-order chi connectivity index (χ1) is 8.70. The molecule has 0 spiro atoms. The minimum atomic E-state index is -4.56. The van der Waals surface area contributed by atoms with E-state index in [1.165, 1.54) is 0 Å². The van der Waals surface area contributed by atoms with Crippen molar-refractivity contribution in [2.45, 2.75) is 26.9 Å². The number of nitrogens with one attached hydrogen (secondary N) is 1. The molecule has 1 aromatic carbocycles. The van der Waals surface area contributed by atoms with Crippen molar-refractivity contribution in [2.75, 3.05) is 0 Å². The molecule has 6 heteroatoms. The predicted molar refractivity (Wildman–Crippen MR) is 65.6 cm³/mol. The van der Waals surface area contributed by atoms with Crippen LogP contribution in [0.1, 0.15) is 22.4 Å². The van der Waals surface area contributed by atoms with Gasteiger partial charge in [0.05, 0.1) is 5.69 Å². The zero-order valence-corrected chi connectivity index (χ0v) is 10.7. The van der Waals surface area contributed by atoms with Gasteiger partial charge in [-0.2, -0.15) is 13.2 Å². The zero-order valence-electron chi connectivity index (χ0n) is 10.7. The minimum absolute atomic E-state index is 0.464. The summed E-state index contributed by atoms with van der Waals surface area (Å²) in [7, 11) is 0. The molecule has 1 heterocycles. The highest BCUT2D eigenvalue weighted by Crippen LogP contribution is 2.27. The van der Waals surface area contributed by atoms with Crippen LogP contribution in [0.25, 0.3) is 5.69 Å². The third-order valence-electron chi connectivity index (χ3n) is 2.88. The maximum Gasteiger partial charge on any atom is 0.432 e. The molecule has 0 unspecified atom stereocenters. The van der Waals surface area contributed by atoms with E-state index < -0.39 is 17.4 Å². The van der Waals surface area contributed by atoms with Crippen LogP contribution in [-0.4, -0.2) is 9.78 Å². The van der Waals surface area contributed by atoms with Crippen LogP contribution in [-0.2, 0) is 6.18 Å². The summed E-state index contributed by atoms with van der Waals surface area (Å²) in [5, 5.41) is 2.12. The molecule has 0 amide bonds. The van der Waals surface area contributed by atoms with E-state index in [1.807, 2.05) is 19.1 Å². The van der Waals surface area contributed by atoms with Gasteiger partial charge in [-0.25, -0.2) is 4.68 Å². The third kappa shape index (κ3) is 2.43. The molecule has 0 aliphatic rings. The van der Waals surface area contributed by atoms with Crippen molar-refractivity contribution in [3.05, 3.63) is 50.9 Å². The second kappa shape index (κ2) is 4.29. The Balaban J connectivity index is 2.67. The van der Waals surface area contributed by atoms with Gasteiger partial charge < -0.3 is 0 Å². The van der Waals surface area contributed by atoms with Gasteiger partial charge in [0.25, 0.3) is 5.56 Å². The number of alkyl halides is 3. The number of benzene rings is 1. The maximum atomic E-state index is 12.6. The topological polar surface area (TPSA) is 37.8 Å². The van der Waals surface area contributed by atoms with Crippen molar-refractivity contribution in [3.63, 3.8) is 0 Å². The number of H-pyrrole nitrogens is 1. The largest absolute Gasteiger partial charge is 0.432 e. The normalized spacial score (nSPS) is 11.9. The fourth-order valence-electron chi connectivity index (χ4n) is 2.23. The molecule has 0 aliphatic carbocycles. The average molecular weight is 270 g/mol. The maximum absolute atomic E-state index is 12.6. The smallest absolute Gasteiger partial charge is 0.286 e. The number of hydrogen-bond donors (Lipinski definition) is 1. The van der Waals surface area contributed by atoms with Crippen molar-refractivity contribution in [1.82, 2.24) is 9.78 Å². The van der Waals surface area contributed by atoms with Gasteiger partial charge in [-0.05, 0) is 31.9 Å². The Hall–Kier alpha value is -1.98. The van der Waals surface area contributed by atoms with Crippen LogP contribution in [0.4, 0.5) is 13.2 Å². The Bertz CT molecular complexity index is 657. The summed E-state index contributed by atoms with van der Waals surface area (Å²) < 4.78 is 38.7. The van der Waals surface area contributed by atoms with Crippen LogP contribution in [0.3, 0.4) is 0 Å². The highest BCUT2D eigenvalue weighted by molar-refractivity contribution is 5.48. The molecule has 0 radical (unpaired) electrons. The monoisotopic (exact) mass is 270 g/mol. The number of nitrogens with zero attached hydrogens (tertiary/aromatic N) is 1. The molecule has 0 fully saturated rings. The summed E-state index contributed by atoms with van der Waals surface area (Å²) in [6.45, 7) is 5.41. The van der Waals surface area contributed by atoms with Crippen molar-refractivity contribution in [1.29, 1.82) is 0 Å². The Labute approximate surface area is 107 Å². The Morgan fingerprint density at radius 2 is 1.58 bits per heavy atom. The van der Waals surface area contributed by atoms with E-state index >= 15 is 0 Å². The molecule has 0 bridgehead atoms. The number of hydrogen-bond acceptors (Lipinski definition) is 1. The first-order valence-corrected chi connectivity index (χ1v) is 5.67. The average Bonchev–Trinajstić information content (AvgIpc) is 2.59. The summed E-state index contributed by atoms with van der Waals surface area (Å²) in [5.41, 5.74) is 1.19. The number of halogens is 3. The lowest BCUT2D eigenvalue weighted by molar-refractivity contribution is -0.141. The van der Waals surface area contributed by atoms with Gasteiger partial charge in [0.15, 0.2) is 0 Å². The molecule has 2 aromatic rings. The Kier molecular flexibility index (Phi) is 3.04. The lowest BCUT2D eigenvalue weighted by atomic mass is 10.1. The quantitative estimate of drug-likeness (QED) is 0.849. The molecule has 0 aliphatic heterocycles. The fourth-order valence-corrected chi connectivity index (χ4v) is 2.23. The highest BCUT2D eigenvalue weighted by Gasteiger charge is 2.33. The molecule has 3 nitrogen and oxygen atoms in total. The molecule has 19 heavy (non-hydrogen) atoms. The molecule has 1 N–H and O–H groups in total. The van der Waals surface area contributed by atoms with Crippen molar-refractivity contribution in [2.24, 2.45) is 0 Å². The van der Waals surface area contributed by atoms with Gasteiger partial charge in [0.1, 0.15) is 5.69 Å². The molecule has 0 saturated carbocycles. The number of aromatic amines is 1. The molecular formula is C13H13F3N2O. The number of aromatic nitrogens is 2. The van der Waals surface area contributed by atoms with Gasteiger partial charge in [-0.1, -0.05) is 17.7 Å². The molecule has 2 rings (SSSR count). The predicted octanol–water partition coefficient (Wildman–Crippen LogP) is 3.11. The second-order valence-electron chi connectivity index (χ2n) is 4.59. The molecule has 1 aromatic heterocycles. The first-order valence-electron chi connectivity index (χ1n) is 5.67. The van der Waals surface area contributed by atoms with E-state index in [0.29, 0.717) is 11.8 Å². The molecule has 0 saturated heterocycles. The van der Waals surface area contributed by atoms with Crippen LogP contribution in [0.2, 0.25) is 0 Å². The second-order valence-corrected chi connectivity index (χ2v) is 4.59. The lowest BCUT2D eigenvalue weighted by Crippen LogP contribution is -2.16. The first kappa shape index (κ1) is 13.5. The van der Waals surface area contributed by atoms with Crippen molar-refractivity contribution < 1.29 is 13.2 Å². The van der Waals surface area contributed by atoms with E-state index in [-0.39, 0.29) is 0 Å². The summed E-state index contributed by atoms with van der Waals surface area (Å²) in [5.74, 6) is 0. The fraction of sp³-hybridized carbons (Fsp3) is 0.308. The summed E-state index contributed by atoms with van der Waals surface area (Å²) in [4.78, 5) is 11.7. The van der Waals surface area contributed by atoms with Gasteiger partial charge in [-0.15, -0.1) is 0 Å². The van der Waals surface area contributed by atoms with Crippen molar-refractivity contribution in [3.8, 4) is 5.69 Å². The van der Waals surface area contributed by atoms with Gasteiger partial charge in [-0.3, -0.25) is 9.89 Å². The lowest BCUT2D eigenvalue weighted by Gasteiger charge is -2.11.